The van der Waals surface area contributed by atoms with Crippen molar-refractivity contribution in [3.63, 3.8) is 0 Å². The zero-order valence-corrected chi connectivity index (χ0v) is 16.4. The second kappa shape index (κ2) is 6.75. The molecule has 0 bridgehead atoms. The lowest BCUT2D eigenvalue weighted by Crippen LogP contribution is -1.99. The third-order valence-corrected chi connectivity index (χ3v) is 5.55. The quantitative estimate of drug-likeness (QED) is 0.295. The van der Waals surface area contributed by atoms with Gasteiger partial charge in [-0.1, -0.05) is 56.1 Å². The average Bonchev–Trinajstić information content (AvgIpc) is 2.49. The molecule has 2 aromatic carbocycles. The summed E-state index contributed by atoms with van der Waals surface area (Å²) < 4.78 is 2.37. The number of aromatic nitrogens is 1. The molecule has 0 aliphatic heterocycles. The van der Waals surface area contributed by atoms with E-state index in [-0.39, 0.29) is 4.83 Å². The van der Waals surface area contributed by atoms with E-state index in [1.165, 1.54) is 14.5 Å². The molecule has 3 rings (SSSR count). The number of halogens is 3. The maximum Gasteiger partial charge on any atom is 0.0705 e. The second-order valence-electron chi connectivity index (χ2n) is 4.83. The van der Waals surface area contributed by atoms with Crippen molar-refractivity contribution in [2.24, 2.45) is 0 Å². The molecule has 1 aromatic heterocycles. The van der Waals surface area contributed by atoms with Crippen molar-refractivity contribution in [1.29, 1.82) is 0 Å². The van der Waals surface area contributed by atoms with Crippen LogP contribution in [0.3, 0.4) is 0 Å². The summed E-state index contributed by atoms with van der Waals surface area (Å²) in [5.74, 6) is 0. The SMILES string of the molecule is Brc1ccc(I)cc1C(Br)Cc1ccc2ccccc2n1. The lowest BCUT2D eigenvalue weighted by molar-refractivity contribution is 0.908. The summed E-state index contributed by atoms with van der Waals surface area (Å²) in [7, 11) is 0. The van der Waals surface area contributed by atoms with Gasteiger partial charge in [-0.05, 0) is 58.5 Å². The van der Waals surface area contributed by atoms with E-state index < -0.39 is 0 Å². The number of hydrogen-bond acceptors (Lipinski definition) is 1. The highest BCUT2D eigenvalue weighted by molar-refractivity contribution is 14.1. The van der Waals surface area contributed by atoms with E-state index in [2.05, 4.69) is 96.9 Å². The number of rotatable bonds is 3. The molecule has 0 spiro atoms. The van der Waals surface area contributed by atoms with Gasteiger partial charge in [0.15, 0.2) is 0 Å². The van der Waals surface area contributed by atoms with E-state index >= 15 is 0 Å². The Balaban J connectivity index is 1.88. The summed E-state index contributed by atoms with van der Waals surface area (Å²) in [5, 5.41) is 1.18. The molecule has 0 saturated heterocycles. The van der Waals surface area contributed by atoms with Crippen molar-refractivity contribution >= 4 is 65.4 Å². The summed E-state index contributed by atoms with van der Waals surface area (Å²) >= 11 is 9.77. The molecular formula is C17H12Br2IN. The van der Waals surface area contributed by atoms with Crippen LogP contribution in [0.4, 0.5) is 0 Å². The van der Waals surface area contributed by atoms with Crippen LogP contribution < -0.4 is 0 Å². The minimum Gasteiger partial charge on any atom is -0.253 e. The largest absolute Gasteiger partial charge is 0.253 e. The van der Waals surface area contributed by atoms with Crippen LogP contribution in [0.2, 0.25) is 0 Å². The molecule has 0 aliphatic carbocycles. The van der Waals surface area contributed by atoms with E-state index in [9.17, 15) is 0 Å². The molecule has 0 saturated carbocycles. The zero-order valence-electron chi connectivity index (χ0n) is 11.1. The van der Waals surface area contributed by atoms with Crippen molar-refractivity contribution in [3.05, 3.63) is 73.9 Å². The first-order valence-electron chi connectivity index (χ1n) is 6.57. The molecule has 0 radical (unpaired) electrons. The number of para-hydroxylation sites is 1. The van der Waals surface area contributed by atoms with Crippen LogP contribution >= 0.6 is 54.5 Å². The Morgan fingerprint density at radius 1 is 1.05 bits per heavy atom. The third kappa shape index (κ3) is 3.66. The number of alkyl halides is 1. The summed E-state index contributed by atoms with van der Waals surface area (Å²) in [6, 6.07) is 18.9. The fourth-order valence-corrected chi connectivity index (χ4v) is 4.33. The smallest absolute Gasteiger partial charge is 0.0705 e. The van der Waals surface area contributed by atoms with E-state index in [4.69, 9.17) is 4.98 Å². The minimum absolute atomic E-state index is 0.246. The maximum atomic E-state index is 4.75. The Labute approximate surface area is 154 Å². The molecule has 3 aromatic rings. The highest BCUT2D eigenvalue weighted by atomic mass is 127. The van der Waals surface area contributed by atoms with Gasteiger partial charge >= 0.3 is 0 Å². The van der Waals surface area contributed by atoms with Crippen LogP contribution in [0.5, 0.6) is 0 Å². The summed E-state index contributed by atoms with van der Waals surface area (Å²) in [4.78, 5) is 4.99. The van der Waals surface area contributed by atoms with Crippen LogP contribution in [0.25, 0.3) is 10.9 Å². The Morgan fingerprint density at radius 3 is 2.71 bits per heavy atom. The molecule has 106 valence electrons. The number of fused-ring (bicyclic) bond motifs is 1. The molecule has 0 amide bonds. The molecule has 4 heteroatoms. The van der Waals surface area contributed by atoms with Gasteiger partial charge in [0.2, 0.25) is 0 Å². The van der Waals surface area contributed by atoms with Crippen molar-refractivity contribution in [2.45, 2.75) is 11.2 Å². The van der Waals surface area contributed by atoms with Crippen LogP contribution in [-0.2, 0) is 6.42 Å². The van der Waals surface area contributed by atoms with Crippen molar-refractivity contribution in [3.8, 4) is 0 Å². The number of benzene rings is 2. The molecule has 21 heavy (non-hydrogen) atoms. The van der Waals surface area contributed by atoms with Gasteiger partial charge in [-0.3, -0.25) is 4.98 Å². The highest BCUT2D eigenvalue weighted by Crippen LogP contribution is 2.33. The van der Waals surface area contributed by atoms with Gasteiger partial charge in [0, 0.05) is 30.4 Å². The van der Waals surface area contributed by atoms with E-state index in [0.29, 0.717) is 0 Å². The Morgan fingerprint density at radius 2 is 1.86 bits per heavy atom. The average molecular weight is 517 g/mol. The van der Waals surface area contributed by atoms with Gasteiger partial charge < -0.3 is 0 Å². The van der Waals surface area contributed by atoms with Gasteiger partial charge in [0.1, 0.15) is 0 Å². The first-order chi connectivity index (χ1) is 10.1. The standard InChI is InChI=1S/C17H12Br2IN/c18-15-8-6-12(20)9-14(15)16(19)10-13-7-5-11-3-1-2-4-17(11)21-13/h1-9,16H,10H2. The predicted octanol–water partition coefficient (Wildman–Crippen LogP) is 6.28. The molecule has 1 nitrogen and oxygen atoms in total. The van der Waals surface area contributed by atoms with Crippen LogP contribution in [-0.4, -0.2) is 4.98 Å². The van der Waals surface area contributed by atoms with Crippen molar-refractivity contribution in [1.82, 2.24) is 4.98 Å². The number of pyridine rings is 1. The summed E-state index contributed by atoms with van der Waals surface area (Å²) in [5.41, 5.74) is 3.41. The minimum atomic E-state index is 0.246. The van der Waals surface area contributed by atoms with Crippen LogP contribution in [0.15, 0.2) is 59.1 Å². The molecule has 0 fully saturated rings. The number of nitrogens with zero attached hydrogens (tertiary/aromatic N) is 1. The fraction of sp³-hybridized carbons (Fsp3) is 0.118. The van der Waals surface area contributed by atoms with Gasteiger partial charge in [-0.2, -0.15) is 0 Å². The molecule has 0 N–H and O–H groups in total. The molecule has 1 atom stereocenters. The molecule has 1 heterocycles. The first kappa shape index (κ1) is 15.4. The summed E-state index contributed by atoms with van der Waals surface area (Å²) in [6.07, 6.45) is 0.865. The zero-order chi connectivity index (χ0) is 14.8. The second-order valence-corrected chi connectivity index (χ2v) is 8.04. The van der Waals surface area contributed by atoms with E-state index in [0.717, 1.165) is 22.1 Å². The number of hydrogen-bond donors (Lipinski definition) is 0. The summed E-state index contributed by atoms with van der Waals surface area (Å²) in [6.45, 7) is 0. The topological polar surface area (TPSA) is 12.9 Å². The normalized spacial score (nSPS) is 12.5. The Kier molecular flexibility index (Phi) is 4.96. The fourth-order valence-electron chi connectivity index (χ4n) is 2.27. The van der Waals surface area contributed by atoms with Crippen LogP contribution in [0.1, 0.15) is 16.1 Å². The van der Waals surface area contributed by atoms with Crippen molar-refractivity contribution < 1.29 is 0 Å². The van der Waals surface area contributed by atoms with Crippen LogP contribution in [0, 0.1) is 3.57 Å². The van der Waals surface area contributed by atoms with Crippen molar-refractivity contribution in [2.75, 3.05) is 0 Å². The van der Waals surface area contributed by atoms with E-state index in [1.807, 2.05) is 12.1 Å². The Hall–Kier alpha value is -0.460. The molecular weight excluding hydrogens is 505 g/mol. The van der Waals surface area contributed by atoms with Gasteiger partial charge in [0.25, 0.3) is 0 Å². The lowest BCUT2D eigenvalue weighted by atomic mass is 10.1. The molecule has 0 aliphatic rings. The first-order valence-corrected chi connectivity index (χ1v) is 9.36. The maximum absolute atomic E-state index is 4.75. The van der Waals surface area contributed by atoms with Gasteiger partial charge in [-0.15, -0.1) is 0 Å². The predicted molar refractivity (Wildman–Crippen MR) is 104 cm³/mol. The third-order valence-electron chi connectivity index (χ3n) is 3.34. The molecule has 1 unspecified atom stereocenters. The highest BCUT2D eigenvalue weighted by Gasteiger charge is 2.13. The monoisotopic (exact) mass is 515 g/mol. The van der Waals surface area contributed by atoms with Gasteiger partial charge in [-0.25, -0.2) is 0 Å². The van der Waals surface area contributed by atoms with Gasteiger partial charge in [0.05, 0.1) is 5.52 Å². The Bertz CT molecular complexity index is 789. The van der Waals surface area contributed by atoms with E-state index in [1.54, 1.807) is 0 Å². The lowest BCUT2D eigenvalue weighted by Gasteiger charge is -2.13.